The van der Waals surface area contributed by atoms with Crippen LogP contribution in [0.4, 0.5) is 14.5 Å². The van der Waals surface area contributed by atoms with E-state index in [1.54, 1.807) is 18.2 Å². The Morgan fingerprint density at radius 2 is 2.11 bits per heavy atom. The molecular formula is C13H14F2N2O. The summed E-state index contributed by atoms with van der Waals surface area (Å²) in [4.78, 5) is 0. The molecule has 96 valence electrons. The minimum atomic E-state index is -2.80. The van der Waals surface area contributed by atoms with Crippen LogP contribution in [0.15, 0.2) is 42.6 Å². The SMILES string of the molecule is Cn1cccc1CNc1cccc(OC(F)F)c1. The number of aromatic nitrogens is 1. The van der Waals surface area contributed by atoms with Crippen LogP contribution in [0.1, 0.15) is 5.69 Å². The molecule has 1 aromatic carbocycles. The summed E-state index contributed by atoms with van der Waals surface area (Å²) in [5.74, 6) is 0.155. The Kier molecular flexibility index (Phi) is 3.82. The Labute approximate surface area is 104 Å². The van der Waals surface area contributed by atoms with Gasteiger partial charge in [-0.05, 0) is 24.3 Å². The number of nitrogens with zero attached hydrogens (tertiary/aromatic N) is 1. The minimum Gasteiger partial charge on any atom is -0.435 e. The summed E-state index contributed by atoms with van der Waals surface area (Å²) in [6.07, 6.45) is 1.95. The molecule has 0 spiro atoms. The predicted octanol–water partition coefficient (Wildman–Crippen LogP) is 3.24. The molecule has 1 aromatic heterocycles. The first-order valence-corrected chi connectivity index (χ1v) is 5.54. The fraction of sp³-hybridized carbons (Fsp3) is 0.231. The van der Waals surface area contributed by atoms with Gasteiger partial charge in [-0.1, -0.05) is 6.07 Å². The summed E-state index contributed by atoms with van der Waals surface area (Å²) < 4.78 is 30.5. The monoisotopic (exact) mass is 252 g/mol. The van der Waals surface area contributed by atoms with E-state index in [4.69, 9.17) is 0 Å². The molecule has 2 aromatic rings. The van der Waals surface area contributed by atoms with E-state index in [2.05, 4.69) is 10.1 Å². The quantitative estimate of drug-likeness (QED) is 0.884. The molecule has 0 aliphatic rings. The van der Waals surface area contributed by atoms with Gasteiger partial charge >= 0.3 is 6.61 Å². The van der Waals surface area contributed by atoms with Crippen LogP contribution in [0, 0.1) is 0 Å². The molecular weight excluding hydrogens is 238 g/mol. The van der Waals surface area contributed by atoms with Gasteiger partial charge < -0.3 is 14.6 Å². The highest BCUT2D eigenvalue weighted by molar-refractivity contribution is 5.48. The van der Waals surface area contributed by atoms with Crippen LogP contribution in [-0.2, 0) is 13.6 Å². The zero-order chi connectivity index (χ0) is 13.0. The average molecular weight is 252 g/mol. The van der Waals surface area contributed by atoms with Crippen molar-refractivity contribution in [3.8, 4) is 5.75 Å². The smallest absolute Gasteiger partial charge is 0.387 e. The summed E-state index contributed by atoms with van der Waals surface area (Å²) in [5, 5.41) is 3.16. The lowest BCUT2D eigenvalue weighted by atomic mass is 10.3. The molecule has 5 heteroatoms. The van der Waals surface area contributed by atoms with E-state index < -0.39 is 6.61 Å². The topological polar surface area (TPSA) is 26.2 Å². The van der Waals surface area contributed by atoms with Crippen LogP contribution in [0.25, 0.3) is 0 Å². The van der Waals surface area contributed by atoms with Crippen LogP contribution in [-0.4, -0.2) is 11.2 Å². The fourth-order valence-electron chi connectivity index (χ4n) is 1.65. The molecule has 0 radical (unpaired) electrons. The number of rotatable bonds is 5. The summed E-state index contributed by atoms with van der Waals surface area (Å²) >= 11 is 0. The second kappa shape index (κ2) is 5.53. The second-order valence-corrected chi connectivity index (χ2v) is 3.87. The van der Waals surface area contributed by atoms with Gasteiger partial charge in [-0.3, -0.25) is 0 Å². The number of anilines is 1. The third kappa shape index (κ3) is 3.23. The van der Waals surface area contributed by atoms with Gasteiger partial charge in [0.05, 0.1) is 6.54 Å². The van der Waals surface area contributed by atoms with Crippen molar-refractivity contribution in [3.63, 3.8) is 0 Å². The van der Waals surface area contributed by atoms with Crippen LogP contribution >= 0.6 is 0 Å². The zero-order valence-electron chi connectivity index (χ0n) is 9.94. The van der Waals surface area contributed by atoms with Gasteiger partial charge in [0.15, 0.2) is 0 Å². The summed E-state index contributed by atoms with van der Waals surface area (Å²) in [7, 11) is 1.95. The number of nitrogens with one attached hydrogen (secondary N) is 1. The van der Waals surface area contributed by atoms with Crippen LogP contribution < -0.4 is 10.1 Å². The van der Waals surface area contributed by atoms with Crippen LogP contribution in [0.5, 0.6) is 5.75 Å². The zero-order valence-corrected chi connectivity index (χ0v) is 9.94. The van der Waals surface area contributed by atoms with Crippen molar-refractivity contribution in [3.05, 3.63) is 48.3 Å². The van der Waals surface area contributed by atoms with Crippen LogP contribution in [0.2, 0.25) is 0 Å². The Hall–Kier alpha value is -2.04. The van der Waals surface area contributed by atoms with E-state index >= 15 is 0 Å². The highest BCUT2D eigenvalue weighted by Gasteiger charge is 2.04. The maximum absolute atomic E-state index is 12.1. The minimum absolute atomic E-state index is 0.155. The van der Waals surface area contributed by atoms with Gasteiger partial charge in [0.25, 0.3) is 0 Å². The van der Waals surface area contributed by atoms with Crippen molar-refractivity contribution in [2.24, 2.45) is 7.05 Å². The predicted molar refractivity (Wildman–Crippen MR) is 65.8 cm³/mol. The number of hydrogen-bond donors (Lipinski definition) is 1. The van der Waals surface area contributed by atoms with E-state index in [9.17, 15) is 8.78 Å². The standard InChI is InChI=1S/C13H14F2N2O/c1-17-7-3-5-11(17)9-16-10-4-2-6-12(8-10)18-13(14)15/h2-8,13,16H,9H2,1H3. The third-order valence-corrected chi connectivity index (χ3v) is 2.58. The first-order chi connectivity index (χ1) is 8.65. The fourth-order valence-corrected chi connectivity index (χ4v) is 1.65. The van der Waals surface area contributed by atoms with Gasteiger partial charge in [-0.25, -0.2) is 0 Å². The number of benzene rings is 1. The van der Waals surface area contributed by atoms with E-state index in [1.165, 1.54) is 6.07 Å². The second-order valence-electron chi connectivity index (χ2n) is 3.87. The van der Waals surface area contributed by atoms with Gasteiger partial charge in [-0.15, -0.1) is 0 Å². The lowest BCUT2D eigenvalue weighted by molar-refractivity contribution is -0.0498. The van der Waals surface area contributed by atoms with Crippen molar-refractivity contribution >= 4 is 5.69 Å². The number of halogens is 2. The van der Waals surface area contributed by atoms with Gasteiger partial charge in [-0.2, -0.15) is 8.78 Å². The Morgan fingerprint density at radius 3 is 2.78 bits per heavy atom. The number of hydrogen-bond acceptors (Lipinski definition) is 2. The third-order valence-electron chi connectivity index (χ3n) is 2.58. The molecule has 0 atom stereocenters. The Balaban J connectivity index is 1.99. The van der Waals surface area contributed by atoms with Gasteiger partial charge in [0.1, 0.15) is 5.75 Å². The van der Waals surface area contributed by atoms with Gasteiger partial charge in [0.2, 0.25) is 0 Å². The lowest BCUT2D eigenvalue weighted by Gasteiger charge is -2.09. The molecule has 0 unspecified atom stereocenters. The Morgan fingerprint density at radius 1 is 1.28 bits per heavy atom. The van der Waals surface area contributed by atoms with Crippen LogP contribution in [0.3, 0.4) is 0 Å². The normalized spacial score (nSPS) is 10.7. The first kappa shape index (κ1) is 12.4. The molecule has 3 nitrogen and oxygen atoms in total. The maximum atomic E-state index is 12.1. The molecule has 2 rings (SSSR count). The van der Waals surface area contributed by atoms with Crippen molar-refractivity contribution in [2.45, 2.75) is 13.2 Å². The summed E-state index contributed by atoms with van der Waals surface area (Å²) in [6, 6.07) is 10.5. The van der Waals surface area contributed by atoms with E-state index in [0.717, 1.165) is 11.4 Å². The summed E-state index contributed by atoms with van der Waals surface area (Å²) in [5.41, 5.74) is 1.85. The molecule has 0 aliphatic heterocycles. The molecule has 0 saturated heterocycles. The van der Waals surface area contributed by atoms with E-state index in [1.807, 2.05) is 29.9 Å². The number of alkyl halides is 2. The molecule has 1 heterocycles. The maximum Gasteiger partial charge on any atom is 0.387 e. The van der Waals surface area contributed by atoms with Crippen molar-refractivity contribution in [1.82, 2.24) is 4.57 Å². The van der Waals surface area contributed by atoms with Crippen molar-refractivity contribution in [2.75, 3.05) is 5.32 Å². The number of ether oxygens (including phenoxy) is 1. The molecule has 18 heavy (non-hydrogen) atoms. The Bertz CT molecular complexity index is 511. The summed E-state index contributed by atoms with van der Waals surface area (Å²) in [6.45, 7) is -2.17. The molecule has 0 amide bonds. The van der Waals surface area contributed by atoms with Crippen molar-refractivity contribution in [1.29, 1.82) is 0 Å². The van der Waals surface area contributed by atoms with E-state index in [0.29, 0.717) is 6.54 Å². The number of aryl methyl sites for hydroxylation is 1. The average Bonchev–Trinajstić information content (AvgIpc) is 2.72. The highest BCUT2D eigenvalue weighted by Crippen LogP contribution is 2.19. The first-order valence-electron chi connectivity index (χ1n) is 5.54. The largest absolute Gasteiger partial charge is 0.435 e. The highest BCUT2D eigenvalue weighted by atomic mass is 19.3. The van der Waals surface area contributed by atoms with Gasteiger partial charge in [0, 0.05) is 30.7 Å². The molecule has 0 aliphatic carbocycles. The molecule has 0 bridgehead atoms. The molecule has 1 N–H and O–H groups in total. The lowest BCUT2D eigenvalue weighted by Crippen LogP contribution is -2.05. The van der Waals surface area contributed by atoms with E-state index in [-0.39, 0.29) is 5.75 Å². The molecule has 0 fully saturated rings. The van der Waals surface area contributed by atoms with Crippen molar-refractivity contribution < 1.29 is 13.5 Å². The molecule has 0 saturated carbocycles.